The Kier molecular flexibility index (Phi) is 3.19. The standard InChI is InChI=1S/C14H17N3/c1-10-8-12(15)6-7-14(10)17-9-11-4-2-3-5-13(11)16/h2-8,17H,9,15-16H2,1H3. The van der Waals surface area contributed by atoms with Crippen molar-refractivity contribution in [3.63, 3.8) is 0 Å². The van der Waals surface area contributed by atoms with Gasteiger partial charge in [-0.1, -0.05) is 18.2 Å². The Morgan fingerprint density at radius 2 is 1.82 bits per heavy atom. The van der Waals surface area contributed by atoms with Gasteiger partial charge in [0.05, 0.1) is 0 Å². The number of hydrogen-bond acceptors (Lipinski definition) is 3. The molecule has 0 aliphatic carbocycles. The van der Waals surface area contributed by atoms with Gasteiger partial charge in [-0.2, -0.15) is 0 Å². The highest BCUT2D eigenvalue weighted by Gasteiger charge is 2.00. The maximum Gasteiger partial charge on any atom is 0.0421 e. The van der Waals surface area contributed by atoms with Crippen molar-refractivity contribution >= 4 is 17.1 Å². The third-order valence-corrected chi connectivity index (χ3v) is 2.77. The van der Waals surface area contributed by atoms with Crippen LogP contribution in [0, 0.1) is 6.92 Å². The van der Waals surface area contributed by atoms with Crippen molar-refractivity contribution < 1.29 is 0 Å². The van der Waals surface area contributed by atoms with Crippen LogP contribution in [-0.2, 0) is 6.54 Å². The predicted molar refractivity (Wildman–Crippen MR) is 73.8 cm³/mol. The molecule has 0 radical (unpaired) electrons. The molecule has 0 bridgehead atoms. The van der Waals surface area contributed by atoms with Crippen LogP contribution in [0.4, 0.5) is 17.1 Å². The van der Waals surface area contributed by atoms with E-state index >= 15 is 0 Å². The van der Waals surface area contributed by atoms with E-state index in [1.807, 2.05) is 49.4 Å². The van der Waals surface area contributed by atoms with Crippen LogP contribution >= 0.6 is 0 Å². The number of nitrogens with one attached hydrogen (secondary N) is 1. The van der Waals surface area contributed by atoms with Gasteiger partial charge in [-0.05, 0) is 42.3 Å². The Morgan fingerprint density at radius 1 is 1.06 bits per heavy atom. The van der Waals surface area contributed by atoms with Crippen molar-refractivity contribution in [3.05, 3.63) is 53.6 Å². The molecule has 3 heteroatoms. The molecule has 0 atom stereocenters. The number of aryl methyl sites for hydroxylation is 1. The third kappa shape index (κ3) is 2.69. The Hall–Kier alpha value is -2.16. The van der Waals surface area contributed by atoms with E-state index in [-0.39, 0.29) is 0 Å². The van der Waals surface area contributed by atoms with E-state index in [0.29, 0.717) is 0 Å². The second-order valence-corrected chi connectivity index (χ2v) is 4.13. The van der Waals surface area contributed by atoms with E-state index < -0.39 is 0 Å². The highest BCUT2D eigenvalue weighted by Crippen LogP contribution is 2.19. The van der Waals surface area contributed by atoms with Crippen LogP contribution in [0.25, 0.3) is 0 Å². The first kappa shape index (κ1) is 11.3. The maximum absolute atomic E-state index is 5.89. The van der Waals surface area contributed by atoms with E-state index in [0.717, 1.165) is 34.7 Å². The lowest BCUT2D eigenvalue weighted by Gasteiger charge is -2.11. The van der Waals surface area contributed by atoms with Gasteiger partial charge in [0.2, 0.25) is 0 Å². The van der Waals surface area contributed by atoms with Crippen molar-refractivity contribution in [1.82, 2.24) is 0 Å². The zero-order valence-corrected chi connectivity index (χ0v) is 9.90. The van der Waals surface area contributed by atoms with Gasteiger partial charge in [-0.25, -0.2) is 0 Å². The molecular formula is C14H17N3. The highest BCUT2D eigenvalue weighted by molar-refractivity contribution is 5.58. The van der Waals surface area contributed by atoms with Crippen LogP contribution in [0.2, 0.25) is 0 Å². The number of anilines is 3. The van der Waals surface area contributed by atoms with Gasteiger partial charge < -0.3 is 16.8 Å². The van der Waals surface area contributed by atoms with E-state index in [1.54, 1.807) is 0 Å². The van der Waals surface area contributed by atoms with Crippen molar-refractivity contribution in [3.8, 4) is 0 Å². The van der Waals surface area contributed by atoms with Crippen molar-refractivity contribution in [1.29, 1.82) is 0 Å². The molecule has 3 nitrogen and oxygen atoms in total. The lowest BCUT2D eigenvalue weighted by molar-refractivity contribution is 1.14. The third-order valence-electron chi connectivity index (χ3n) is 2.77. The first-order chi connectivity index (χ1) is 8.16. The quantitative estimate of drug-likeness (QED) is 0.706. The average Bonchev–Trinajstić information content (AvgIpc) is 2.30. The topological polar surface area (TPSA) is 64.1 Å². The molecule has 88 valence electrons. The molecule has 0 heterocycles. The van der Waals surface area contributed by atoms with E-state index in [1.165, 1.54) is 0 Å². The van der Waals surface area contributed by atoms with Crippen molar-refractivity contribution in [2.24, 2.45) is 0 Å². The van der Waals surface area contributed by atoms with Crippen LogP contribution in [0.3, 0.4) is 0 Å². The molecule has 0 aliphatic rings. The SMILES string of the molecule is Cc1cc(N)ccc1NCc1ccccc1N. The first-order valence-electron chi connectivity index (χ1n) is 5.60. The van der Waals surface area contributed by atoms with Crippen LogP contribution in [-0.4, -0.2) is 0 Å². The summed E-state index contributed by atoms with van der Waals surface area (Å²) in [6.07, 6.45) is 0. The van der Waals surface area contributed by atoms with Gasteiger partial charge in [0.25, 0.3) is 0 Å². The molecule has 2 aromatic rings. The molecule has 0 saturated carbocycles. The molecule has 5 N–H and O–H groups in total. The molecule has 0 unspecified atom stereocenters. The van der Waals surface area contributed by atoms with Crippen LogP contribution in [0.1, 0.15) is 11.1 Å². The maximum atomic E-state index is 5.89. The summed E-state index contributed by atoms with van der Waals surface area (Å²) in [4.78, 5) is 0. The number of benzene rings is 2. The lowest BCUT2D eigenvalue weighted by Crippen LogP contribution is -2.04. The van der Waals surface area contributed by atoms with Gasteiger partial charge >= 0.3 is 0 Å². The van der Waals surface area contributed by atoms with Gasteiger partial charge in [-0.3, -0.25) is 0 Å². The minimum atomic E-state index is 0.720. The number of para-hydroxylation sites is 1. The highest BCUT2D eigenvalue weighted by atomic mass is 14.9. The van der Waals surface area contributed by atoms with Gasteiger partial charge in [0.1, 0.15) is 0 Å². The van der Waals surface area contributed by atoms with Gasteiger partial charge in [-0.15, -0.1) is 0 Å². The monoisotopic (exact) mass is 227 g/mol. The fourth-order valence-electron chi connectivity index (χ4n) is 1.77. The number of hydrogen-bond donors (Lipinski definition) is 3. The molecule has 0 fully saturated rings. The van der Waals surface area contributed by atoms with E-state index in [9.17, 15) is 0 Å². The molecule has 2 aromatic carbocycles. The smallest absolute Gasteiger partial charge is 0.0421 e. The zero-order valence-electron chi connectivity index (χ0n) is 9.90. The Labute approximate surface area is 101 Å². The summed E-state index contributed by atoms with van der Waals surface area (Å²) in [7, 11) is 0. The Balaban J connectivity index is 2.10. The fourth-order valence-corrected chi connectivity index (χ4v) is 1.77. The first-order valence-corrected chi connectivity index (χ1v) is 5.60. The molecule has 0 aromatic heterocycles. The summed E-state index contributed by atoms with van der Waals surface area (Å²) < 4.78 is 0. The van der Waals surface area contributed by atoms with Gasteiger partial charge in [0, 0.05) is 23.6 Å². The molecule has 0 aliphatic heterocycles. The zero-order chi connectivity index (χ0) is 12.3. The summed E-state index contributed by atoms with van der Waals surface area (Å²) >= 11 is 0. The predicted octanol–water partition coefficient (Wildman–Crippen LogP) is 2.77. The average molecular weight is 227 g/mol. The number of rotatable bonds is 3. The molecular weight excluding hydrogens is 210 g/mol. The van der Waals surface area contributed by atoms with Crippen LogP contribution in [0.5, 0.6) is 0 Å². The van der Waals surface area contributed by atoms with Crippen molar-refractivity contribution in [2.75, 3.05) is 16.8 Å². The Morgan fingerprint density at radius 3 is 2.53 bits per heavy atom. The summed E-state index contributed by atoms with van der Waals surface area (Å²) in [5.41, 5.74) is 16.5. The summed E-state index contributed by atoms with van der Waals surface area (Å²) in [5.74, 6) is 0. The van der Waals surface area contributed by atoms with Crippen LogP contribution in [0.15, 0.2) is 42.5 Å². The largest absolute Gasteiger partial charge is 0.399 e. The van der Waals surface area contributed by atoms with E-state index in [4.69, 9.17) is 11.5 Å². The molecule has 0 amide bonds. The second-order valence-electron chi connectivity index (χ2n) is 4.13. The molecule has 17 heavy (non-hydrogen) atoms. The normalized spacial score (nSPS) is 10.2. The number of nitrogens with two attached hydrogens (primary N) is 2. The Bertz CT molecular complexity index is 521. The van der Waals surface area contributed by atoms with Crippen LogP contribution < -0.4 is 16.8 Å². The number of nitrogen functional groups attached to an aromatic ring is 2. The molecule has 2 rings (SSSR count). The fraction of sp³-hybridized carbons (Fsp3) is 0.143. The van der Waals surface area contributed by atoms with Gasteiger partial charge in [0.15, 0.2) is 0 Å². The second kappa shape index (κ2) is 4.78. The molecule has 0 spiro atoms. The minimum absolute atomic E-state index is 0.720. The van der Waals surface area contributed by atoms with Crippen molar-refractivity contribution in [2.45, 2.75) is 13.5 Å². The molecule has 0 saturated heterocycles. The summed E-state index contributed by atoms with van der Waals surface area (Å²) in [6.45, 7) is 2.75. The minimum Gasteiger partial charge on any atom is -0.399 e. The lowest BCUT2D eigenvalue weighted by atomic mass is 10.1. The van der Waals surface area contributed by atoms with E-state index in [2.05, 4.69) is 5.32 Å². The summed E-state index contributed by atoms with van der Waals surface area (Å²) in [5, 5.41) is 3.36. The summed E-state index contributed by atoms with van der Waals surface area (Å²) in [6, 6.07) is 13.7.